The first-order chi connectivity index (χ1) is 21.0. The second kappa shape index (κ2) is 10.7. The number of aliphatic hydroxyl groups is 1. The van der Waals surface area contributed by atoms with Gasteiger partial charge in [0, 0.05) is 11.5 Å². The Morgan fingerprint density at radius 1 is 0.911 bits per heavy atom. The number of phenolic OH excluding ortho intramolecular Hbond substituents is 1. The quantitative estimate of drug-likeness (QED) is 0.175. The summed E-state index contributed by atoms with van der Waals surface area (Å²) in [5, 5.41) is 31.5. The summed E-state index contributed by atoms with van der Waals surface area (Å²) in [5.41, 5.74) is 0.564. The minimum Gasteiger partial charge on any atom is -0.508 e. The molecule has 0 radical (unpaired) electrons. The van der Waals surface area contributed by atoms with E-state index in [9.17, 15) is 24.9 Å². The lowest BCUT2D eigenvalue weighted by Crippen LogP contribution is -2.66. The van der Waals surface area contributed by atoms with Gasteiger partial charge in [0.15, 0.2) is 0 Å². The summed E-state index contributed by atoms with van der Waals surface area (Å²) in [5.74, 6) is -0.232. The zero-order valence-electron chi connectivity index (χ0n) is 28.2. The highest BCUT2D eigenvalue weighted by Crippen LogP contribution is 2.76. The molecule has 0 heterocycles. The van der Waals surface area contributed by atoms with Crippen molar-refractivity contribution >= 4 is 18.0 Å². The van der Waals surface area contributed by atoms with E-state index in [0.29, 0.717) is 31.1 Å². The average molecular weight is 619 g/mol. The summed E-state index contributed by atoms with van der Waals surface area (Å²) in [6.07, 6.45) is 13.7. The molecule has 45 heavy (non-hydrogen) atoms. The van der Waals surface area contributed by atoms with Crippen molar-refractivity contribution in [2.24, 2.45) is 50.2 Å². The molecule has 4 fully saturated rings. The number of allylic oxidation sites excluding steroid dienone is 1. The number of ether oxygens (including phenoxy) is 1. The van der Waals surface area contributed by atoms with Gasteiger partial charge in [-0.2, -0.15) is 0 Å². The van der Waals surface area contributed by atoms with Crippen molar-refractivity contribution < 1.29 is 29.6 Å². The van der Waals surface area contributed by atoms with E-state index in [2.05, 4.69) is 47.6 Å². The largest absolute Gasteiger partial charge is 0.508 e. The van der Waals surface area contributed by atoms with Crippen LogP contribution in [0.4, 0.5) is 0 Å². The molecule has 246 valence electrons. The number of hydrogen-bond acceptors (Lipinski definition) is 5. The maximum absolute atomic E-state index is 13.3. The second-order valence-electron chi connectivity index (χ2n) is 17.3. The number of aromatic hydroxyl groups is 1. The van der Waals surface area contributed by atoms with Crippen LogP contribution < -0.4 is 0 Å². The molecule has 6 nitrogen and oxygen atoms in total. The summed E-state index contributed by atoms with van der Waals surface area (Å²) in [4.78, 5) is 26.5. The number of phenols is 1. The van der Waals surface area contributed by atoms with E-state index in [1.165, 1.54) is 11.6 Å². The molecular formula is C39H54O6. The summed E-state index contributed by atoms with van der Waals surface area (Å²) >= 11 is 0. The van der Waals surface area contributed by atoms with Gasteiger partial charge >= 0.3 is 11.9 Å². The third-order valence-electron chi connectivity index (χ3n) is 14.5. The molecule has 6 heteroatoms. The monoisotopic (exact) mass is 618 g/mol. The summed E-state index contributed by atoms with van der Waals surface area (Å²) in [6, 6.07) is 6.69. The molecule has 0 aliphatic heterocycles. The van der Waals surface area contributed by atoms with Gasteiger partial charge in [-0.3, -0.25) is 4.79 Å². The fraction of sp³-hybridized carbons (Fsp3) is 0.692. The molecule has 0 aromatic heterocycles. The van der Waals surface area contributed by atoms with Crippen molar-refractivity contribution in [2.45, 2.75) is 112 Å². The standard InChI is InChI=1S/C39H54O6/c1-34(2)19-20-38(33(43)44)21-22-39(24-45-32(42)14-9-25-7-10-26(40)11-8-25)27(28(38)23-34)12-13-30-36(5)17-16-31(41)35(3,4)29(36)15-18-37(30,39)6/h7-12,14,28-31,40-41H,13,15-24H2,1-6H3,(H,43,44)/b14-9+/t28-,29?,30?,31-,36-,37+,38-,39-/m0/s1. The number of fused-ring (bicyclic) bond motifs is 7. The van der Waals surface area contributed by atoms with Crippen molar-refractivity contribution in [3.63, 3.8) is 0 Å². The van der Waals surface area contributed by atoms with Crippen LogP contribution in [0.1, 0.15) is 111 Å². The van der Waals surface area contributed by atoms with Crippen LogP contribution in [0.15, 0.2) is 42.0 Å². The molecule has 5 aliphatic rings. The van der Waals surface area contributed by atoms with E-state index in [-0.39, 0.29) is 46.0 Å². The number of hydrogen-bond donors (Lipinski definition) is 3. The number of carbonyl (C=O) groups is 2. The number of benzene rings is 1. The highest BCUT2D eigenvalue weighted by molar-refractivity contribution is 5.87. The smallest absolute Gasteiger partial charge is 0.330 e. The van der Waals surface area contributed by atoms with Crippen molar-refractivity contribution in [1.82, 2.24) is 0 Å². The first-order valence-corrected chi connectivity index (χ1v) is 17.3. The Balaban J connectivity index is 1.41. The minimum absolute atomic E-state index is 0.0285. The van der Waals surface area contributed by atoms with E-state index in [4.69, 9.17) is 4.74 Å². The van der Waals surface area contributed by atoms with Crippen LogP contribution in [0.25, 0.3) is 6.08 Å². The predicted octanol–water partition coefficient (Wildman–Crippen LogP) is 8.18. The van der Waals surface area contributed by atoms with Crippen LogP contribution in [0.3, 0.4) is 0 Å². The van der Waals surface area contributed by atoms with Crippen molar-refractivity contribution in [2.75, 3.05) is 6.61 Å². The molecule has 1 aromatic rings. The molecule has 0 spiro atoms. The number of carboxylic acid groups (broad SMARTS) is 1. The number of aliphatic carboxylic acids is 1. The molecule has 8 atom stereocenters. The van der Waals surface area contributed by atoms with Gasteiger partial charge in [0.1, 0.15) is 12.4 Å². The molecule has 6 rings (SSSR count). The topological polar surface area (TPSA) is 104 Å². The number of carboxylic acids is 1. The Kier molecular flexibility index (Phi) is 7.70. The third-order valence-corrected chi connectivity index (χ3v) is 14.5. The van der Waals surface area contributed by atoms with Crippen LogP contribution in [0.5, 0.6) is 5.75 Å². The number of esters is 1. The Morgan fingerprint density at radius 2 is 1.60 bits per heavy atom. The van der Waals surface area contributed by atoms with E-state index >= 15 is 0 Å². The predicted molar refractivity (Wildman–Crippen MR) is 175 cm³/mol. The van der Waals surface area contributed by atoms with E-state index in [0.717, 1.165) is 50.5 Å². The molecule has 5 aliphatic carbocycles. The first-order valence-electron chi connectivity index (χ1n) is 17.3. The lowest BCUT2D eigenvalue weighted by molar-refractivity contribution is -0.217. The summed E-state index contributed by atoms with van der Waals surface area (Å²) < 4.78 is 6.25. The Hall–Kier alpha value is -2.60. The van der Waals surface area contributed by atoms with E-state index in [1.807, 2.05) is 0 Å². The highest BCUT2D eigenvalue weighted by atomic mass is 16.5. The van der Waals surface area contributed by atoms with Crippen molar-refractivity contribution in [3.8, 4) is 5.75 Å². The van der Waals surface area contributed by atoms with Gasteiger partial charge in [-0.1, -0.05) is 65.3 Å². The average Bonchev–Trinajstić information content (AvgIpc) is 2.97. The van der Waals surface area contributed by atoms with Gasteiger partial charge in [0.05, 0.1) is 11.5 Å². The maximum atomic E-state index is 13.3. The van der Waals surface area contributed by atoms with Crippen LogP contribution in [-0.2, 0) is 14.3 Å². The SMILES string of the molecule is CC1(C)CC[C@]2(C(=O)O)CC[C@]3(COC(=O)/C=C/c4ccc(O)cc4)C(=CCC4[C@@]5(C)CC[C@H](O)C(C)(C)C5CC[C@]43C)[C@@H]2C1. The van der Waals surface area contributed by atoms with Gasteiger partial charge in [-0.15, -0.1) is 0 Å². The normalized spacial score (nSPS) is 41.5. The molecule has 4 saturated carbocycles. The second-order valence-corrected chi connectivity index (χ2v) is 17.3. The third kappa shape index (κ3) is 4.83. The molecule has 0 bridgehead atoms. The van der Waals surface area contributed by atoms with Crippen molar-refractivity contribution in [3.05, 3.63) is 47.6 Å². The molecule has 2 unspecified atom stereocenters. The minimum atomic E-state index is -0.769. The van der Waals surface area contributed by atoms with Crippen LogP contribution >= 0.6 is 0 Å². The Morgan fingerprint density at radius 3 is 2.29 bits per heavy atom. The lowest BCUT2D eigenvalue weighted by atomic mass is 9.33. The number of rotatable bonds is 5. The molecule has 1 aromatic carbocycles. The Bertz CT molecular complexity index is 1400. The van der Waals surface area contributed by atoms with E-state index in [1.54, 1.807) is 30.3 Å². The van der Waals surface area contributed by atoms with Gasteiger partial charge in [0.25, 0.3) is 0 Å². The van der Waals surface area contributed by atoms with Crippen LogP contribution in [0, 0.1) is 50.2 Å². The van der Waals surface area contributed by atoms with Crippen molar-refractivity contribution in [1.29, 1.82) is 0 Å². The zero-order chi connectivity index (χ0) is 32.6. The Labute approximate surface area is 269 Å². The van der Waals surface area contributed by atoms with E-state index < -0.39 is 22.8 Å². The highest BCUT2D eigenvalue weighted by Gasteiger charge is 2.70. The van der Waals surface area contributed by atoms with Gasteiger partial charge < -0.3 is 20.1 Å². The molecular weight excluding hydrogens is 564 g/mol. The van der Waals surface area contributed by atoms with Crippen LogP contribution in [-0.4, -0.2) is 40.0 Å². The number of carbonyl (C=O) groups excluding carboxylic acids is 1. The zero-order valence-corrected chi connectivity index (χ0v) is 28.2. The van der Waals surface area contributed by atoms with Gasteiger partial charge in [-0.25, -0.2) is 4.79 Å². The fourth-order valence-corrected chi connectivity index (χ4v) is 11.7. The fourth-order valence-electron chi connectivity index (χ4n) is 11.7. The van der Waals surface area contributed by atoms with Gasteiger partial charge in [0.2, 0.25) is 0 Å². The maximum Gasteiger partial charge on any atom is 0.330 e. The lowest BCUT2D eigenvalue weighted by Gasteiger charge is -2.71. The number of aliphatic hydroxyl groups excluding tert-OH is 1. The summed E-state index contributed by atoms with van der Waals surface area (Å²) in [6.45, 7) is 14.2. The molecule has 0 amide bonds. The summed E-state index contributed by atoms with van der Waals surface area (Å²) in [7, 11) is 0. The van der Waals surface area contributed by atoms with Crippen LogP contribution in [0.2, 0.25) is 0 Å². The first kappa shape index (κ1) is 32.3. The molecule has 0 saturated heterocycles. The van der Waals surface area contributed by atoms with Gasteiger partial charge in [-0.05, 0) is 127 Å². The molecule has 3 N–H and O–H groups in total.